The van der Waals surface area contributed by atoms with Gasteiger partial charge in [0.2, 0.25) is 0 Å². The number of thiazole rings is 1. The lowest BCUT2D eigenvalue weighted by Crippen LogP contribution is -2.27. The topological polar surface area (TPSA) is 77.2 Å². The largest absolute Gasteiger partial charge is 0.496 e. The summed E-state index contributed by atoms with van der Waals surface area (Å²) in [6.45, 7) is 3.94. The van der Waals surface area contributed by atoms with Crippen LogP contribution in [0.1, 0.15) is 40.9 Å². The number of nitrogens with one attached hydrogen (secondary N) is 1. The number of hydrogen-bond donors (Lipinski definition) is 2. The van der Waals surface area contributed by atoms with E-state index in [9.17, 15) is 4.79 Å². The molecule has 0 aliphatic heterocycles. The highest BCUT2D eigenvalue weighted by molar-refractivity contribution is 7.09. The van der Waals surface area contributed by atoms with Crippen molar-refractivity contribution in [1.82, 2.24) is 10.3 Å². The van der Waals surface area contributed by atoms with E-state index in [0.29, 0.717) is 22.0 Å². The maximum Gasteiger partial charge on any atom is 0.255 e. The number of nitrogen functional groups attached to an aromatic ring is 1. The second kappa shape index (κ2) is 9.93. The molecule has 0 saturated heterocycles. The maximum absolute atomic E-state index is 12.4. The number of benzene rings is 1. The van der Waals surface area contributed by atoms with Crippen molar-refractivity contribution in [3.8, 4) is 5.75 Å². The molecule has 0 fully saturated rings. The molecule has 0 radical (unpaired) electrons. The maximum atomic E-state index is 12.4. The van der Waals surface area contributed by atoms with Gasteiger partial charge in [0.25, 0.3) is 5.91 Å². The molecule has 1 heterocycles. The minimum absolute atomic E-state index is 0. The van der Waals surface area contributed by atoms with Crippen LogP contribution in [0.3, 0.4) is 0 Å². The van der Waals surface area contributed by atoms with Crippen molar-refractivity contribution in [3.63, 3.8) is 0 Å². The number of methoxy groups -OCH3 is 1. The summed E-state index contributed by atoms with van der Waals surface area (Å²) in [5, 5.41) is 6.22. The van der Waals surface area contributed by atoms with Gasteiger partial charge in [-0.3, -0.25) is 4.79 Å². The van der Waals surface area contributed by atoms with Gasteiger partial charge in [-0.2, -0.15) is 0 Å². The van der Waals surface area contributed by atoms with E-state index in [1.807, 2.05) is 19.2 Å². The standard InChI is InChI=1S/C15H18ClN3O2S.2ClH/c1-4-14-19-12(7-22-14)8(2)18-15(20)9-5-10(16)11(17)6-13(9)21-3;;/h5-8H,4,17H2,1-3H3,(H,18,20);2*1H. The molecule has 0 aliphatic carbocycles. The van der Waals surface area contributed by atoms with Gasteiger partial charge in [0.05, 0.1) is 40.1 Å². The minimum atomic E-state index is -0.280. The van der Waals surface area contributed by atoms with Crippen LogP contribution in [0.5, 0.6) is 5.75 Å². The lowest BCUT2D eigenvalue weighted by atomic mass is 10.1. The molecule has 3 N–H and O–H groups in total. The van der Waals surface area contributed by atoms with Crippen LogP contribution in [-0.2, 0) is 6.42 Å². The average Bonchev–Trinajstić information content (AvgIpc) is 2.98. The van der Waals surface area contributed by atoms with Crippen molar-refractivity contribution >= 4 is 59.3 Å². The molecule has 9 heteroatoms. The Kier molecular flexibility index (Phi) is 9.43. The van der Waals surface area contributed by atoms with Gasteiger partial charge in [0, 0.05) is 11.4 Å². The first-order valence-corrected chi connectivity index (χ1v) is 8.10. The molecule has 1 aromatic heterocycles. The SMILES string of the molecule is CCc1nc(C(C)NC(=O)c2cc(Cl)c(N)cc2OC)cs1.Cl.Cl. The molecule has 2 rings (SSSR count). The summed E-state index contributed by atoms with van der Waals surface area (Å²) in [6, 6.07) is 2.85. The van der Waals surface area contributed by atoms with E-state index in [0.717, 1.165) is 17.1 Å². The number of nitrogens with two attached hydrogens (primary N) is 1. The molecule has 24 heavy (non-hydrogen) atoms. The third kappa shape index (κ3) is 5.14. The number of rotatable bonds is 5. The number of amides is 1. The van der Waals surface area contributed by atoms with E-state index in [1.165, 1.54) is 13.2 Å². The summed E-state index contributed by atoms with van der Waals surface area (Å²) in [5.41, 5.74) is 7.28. The van der Waals surface area contributed by atoms with Crippen molar-refractivity contribution in [2.45, 2.75) is 26.3 Å². The summed E-state index contributed by atoms with van der Waals surface area (Å²) in [5.74, 6) is 0.108. The molecule has 134 valence electrons. The van der Waals surface area contributed by atoms with Crippen LogP contribution < -0.4 is 15.8 Å². The van der Waals surface area contributed by atoms with Crippen molar-refractivity contribution in [1.29, 1.82) is 0 Å². The highest BCUT2D eigenvalue weighted by Gasteiger charge is 2.18. The van der Waals surface area contributed by atoms with Gasteiger partial charge in [0.15, 0.2) is 0 Å². The summed E-state index contributed by atoms with van der Waals surface area (Å²) in [7, 11) is 1.48. The Balaban J connectivity index is 0.00000264. The number of aromatic nitrogens is 1. The summed E-state index contributed by atoms with van der Waals surface area (Å²) in [4.78, 5) is 16.9. The predicted octanol–water partition coefficient (Wildman–Crippen LogP) is 4.28. The summed E-state index contributed by atoms with van der Waals surface area (Å²) >= 11 is 7.58. The third-order valence-corrected chi connectivity index (χ3v) is 4.57. The van der Waals surface area contributed by atoms with Gasteiger partial charge >= 0.3 is 0 Å². The van der Waals surface area contributed by atoms with E-state index in [1.54, 1.807) is 17.4 Å². The Morgan fingerprint density at radius 2 is 2.12 bits per heavy atom. The molecule has 1 amide bonds. The number of aryl methyl sites for hydroxylation is 1. The molecule has 0 bridgehead atoms. The van der Waals surface area contributed by atoms with Crippen LogP contribution >= 0.6 is 47.8 Å². The number of carbonyl (C=O) groups excluding carboxylic acids is 1. The first-order chi connectivity index (χ1) is 10.5. The van der Waals surface area contributed by atoms with Crippen LogP contribution in [0.4, 0.5) is 5.69 Å². The Morgan fingerprint density at radius 3 is 2.67 bits per heavy atom. The second-order valence-electron chi connectivity index (χ2n) is 4.79. The van der Waals surface area contributed by atoms with E-state index in [2.05, 4.69) is 10.3 Å². The van der Waals surface area contributed by atoms with Crippen LogP contribution in [0.2, 0.25) is 5.02 Å². The highest BCUT2D eigenvalue weighted by Crippen LogP contribution is 2.29. The first-order valence-electron chi connectivity index (χ1n) is 6.84. The van der Waals surface area contributed by atoms with E-state index < -0.39 is 0 Å². The molecule has 0 aliphatic rings. The Morgan fingerprint density at radius 1 is 1.46 bits per heavy atom. The number of nitrogens with zero attached hydrogens (tertiary/aromatic N) is 1. The molecule has 2 aromatic rings. The normalized spacial score (nSPS) is 11.0. The number of carbonyl (C=O) groups is 1. The van der Waals surface area contributed by atoms with Crippen molar-refractivity contribution in [3.05, 3.63) is 38.8 Å². The van der Waals surface area contributed by atoms with Crippen LogP contribution in [0.25, 0.3) is 0 Å². The Hall–Kier alpha value is -1.21. The van der Waals surface area contributed by atoms with Crippen LogP contribution in [0.15, 0.2) is 17.5 Å². The quantitative estimate of drug-likeness (QED) is 0.718. The predicted molar refractivity (Wildman–Crippen MR) is 104 cm³/mol. The van der Waals surface area contributed by atoms with Crippen LogP contribution in [0, 0.1) is 0 Å². The lowest BCUT2D eigenvalue weighted by Gasteiger charge is -2.14. The molecular formula is C15H20Cl3N3O2S. The minimum Gasteiger partial charge on any atom is -0.496 e. The van der Waals surface area contributed by atoms with Gasteiger partial charge in [0.1, 0.15) is 5.75 Å². The van der Waals surface area contributed by atoms with E-state index in [-0.39, 0.29) is 36.8 Å². The monoisotopic (exact) mass is 411 g/mol. The first kappa shape index (κ1) is 22.8. The molecule has 1 aromatic carbocycles. The van der Waals surface area contributed by atoms with Gasteiger partial charge in [-0.25, -0.2) is 4.98 Å². The fraction of sp³-hybridized carbons (Fsp3) is 0.333. The zero-order chi connectivity index (χ0) is 16.3. The number of hydrogen-bond acceptors (Lipinski definition) is 5. The van der Waals surface area contributed by atoms with Gasteiger partial charge < -0.3 is 15.8 Å². The zero-order valence-electron chi connectivity index (χ0n) is 13.5. The zero-order valence-corrected chi connectivity index (χ0v) is 16.7. The summed E-state index contributed by atoms with van der Waals surface area (Å²) in [6.07, 6.45) is 0.882. The van der Waals surface area contributed by atoms with E-state index >= 15 is 0 Å². The Labute approximate surface area is 162 Å². The number of halogens is 3. The Bertz CT molecular complexity index is 695. The van der Waals surface area contributed by atoms with Crippen molar-refractivity contribution in [2.24, 2.45) is 0 Å². The number of anilines is 1. The molecule has 0 spiro atoms. The fourth-order valence-electron chi connectivity index (χ4n) is 1.95. The molecule has 1 unspecified atom stereocenters. The highest BCUT2D eigenvalue weighted by atomic mass is 35.5. The number of ether oxygens (including phenoxy) is 1. The van der Waals surface area contributed by atoms with Crippen molar-refractivity contribution in [2.75, 3.05) is 12.8 Å². The van der Waals surface area contributed by atoms with E-state index in [4.69, 9.17) is 22.1 Å². The lowest BCUT2D eigenvalue weighted by molar-refractivity contribution is 0.0936. The van der Waals surface area contributed by atoms with Crippen LogP contribution in [-0.4, -0.2) is 18.0 Å². The van der Waals surface area contributed by atoms with Gasteiger partial charge in [-0.1, -0.05) is 18.5 Å². The van der Waals surface area contributed by atoms with Crippen molar-refractivity contribution < 1.29 is 9.53 Å². The molecule has 1 atom stereocenters. The van der Waals surface area contributed by atoms with Gasteiger partial charge in [-0.15, -0.1) is 36.2 Å². The molecular weight excluding hydrogens is 393 g/mol. The smallest absolute Gasteiger partial charge is 0.255 e. The summed E-state index contributed by atoms with van der Waals surface area (Å²) < 4.78 is 5.20. The third-order valence-electron chi connectivity index (χ3n) is 3.23. The average molecular weight is 413 g/mol. The second-order valence-corrected chi connectivity index (χ2v) is 6.14. The van der Waals surface area contributed by atoms with Gasteiger partial charge in [-0.05, 0) is 19.4 Å². The molecule has 5 nitrogen and oxygen atoms in total. The molecule has 0 saturated carbocycles. The fourth-order valence-corrected chi connectivity index (χ4v) is 2.95.